The van der Waals surface area contributed by atoms with Gasteiger partial charge in [0.05, 0.1) is 0 Å². The maximum atomic E-state index is 5.82. The van der Waals surface area contributed by atoms with E-state index in [0.29, 0.717) is 6.54 Å². The van der Waals surface area contributed by atoms with Crippen LogP contribution in [0.2, 0.25) is 5.02 Å². The molecule has 0 aromatic heterocycles. The van der Waals surface area contributed by atoms with Gasteiger partial charge in [-0.25, -0.2) is 0 Å². The molecule has 0 aliphatic rings. The van der Waals surface area contributed by atoms with Crippen molar-refractivity contribution >= 4 is 27.5 Å². The molecule has 1 aromatic carbocycles. The Balaban J connectivity index is 2.89. The molecule has 0 amide bonds. The quantitative estimate of drug-likeness (QED) is 0.836. The lowest BCUT2D eigenvalue weighted by atomic mass is 10.2. The summed E-state index contributed by atoms with van der Waals surface area (Å²) in [5.74, 6) is 0. The van der Waals surface area contributed by atoms with Gasteiger partial charge in [0.25, 0.3) is 0 Å². The third-order valence-corrected chi connectivity index (χ3v) is 2.03. The molecular formula is C8H9BrClN. The second-order valence-electron chi connectivity index (χ2n) is 2.32. The fourth-order valence-electron chi connectivity index (χ4n) is 0.922. The van der Waals surface area contributed by atoms with Crippen molar-refractivity contribution in [2.75, 3.05) is 6.54 Å². The zero-order chi connectivity index (χ0) is 8.27. The molecule has 60 valence electrons. The monoisotopic (exact) mass is 233 g/mol. The molecule has 0 bridgehead atoms. The zero-order valence-electron chi connectivity index (χ0n) is 5.98. The van der Waals surface area contributed by atoms with Gasteiger partial charge in [-0.05, 0) is 36.7 Å². The lowest BCUT2D eigenvalue weighted by molar-refractivity contribution is 0.968. The van der Waals surface area contributed by atoms with Crippen LogP contribution >= 0.6 is 27.5 Å². The predicted molar refractivity (Wildman–Crippen MR) is 51.9 cm³/mol. The molecule has 11 heavy (non-hydrogen) atoms. The standard InChI is InChI=1S/C8H9BrClN/c9-7-3-6(1-2-11)4-8(10)5-7/h3-5H,1-2,11H2. The molecule has 1 nitrogen and oxygen atoms in total. The van der Waals surface area contributed by atoms with Crippen molar-refractivity contribution in [3.05, 3.63) is 33.3 Å². The third kappa shape index (κ3) is 2.81. The van der Waals surface area contributed by atoms with E-state index in [9.17, 15) is 0 Å². The van der Waals surface area contributed by atoms with E-state index in [1.807, 2.05) is 18.2 Å². The lowest BCUT2D eigenvalue weighted by Gasteiger charge is -1.99. The molecule has 0 saturated carbocycles. The Morgan fingerprint density at radius 1 is 1.36 bits per heavy atom. The number of nitrogens with two attached hydrogens (primary N) is 1. The summed E-state index contributed by atoms with van der Waals surface area (Å²) in [5.41, 5.74) is 6.58. The van der Waals surface area contributed by atoms with Crippen molar-refractivity contribution < 1.29 is 0 Å². The number of rotatable bonds is 2. The molecule has 0 spiro atoms. The lowest BCUT2D eigenvalue weighted by Crippen LogP contribution is -2.02. The van der Waals surface area contributed by atoms with Crippen LogP contribution in [0.5, 0.6) is 0 Å². The molecule has 1 aromatic rings. The first kappa shape index (κ1) is 9.04. The Labute approximate surface area is 79.7 Å². The van der Waals surface area contributed by atoms with Crippen LogP contribution in [0.1, 0.15) is 5.56 Å². The summed E-state index contributed by atoms with van der Waals surface area (Å²) < 4.78 is 1.01. The van der Waals surface area contributed by atoms with E-state index in [4.69, 9.17) is 17.3 Å². The molecule has 2 N–H and O–H groups in total. The zero-order valence-corrected chi connectivity index (χ0v) is 8.32. The van der Waals surface area contributed by atoms with E-state index >= 15 is 0 Å². The summed E-state index contributed by atoms with van der Waals surface area (Å²) in [4.78, 5) is 0. The van der Waals surface area contributed by atoms with E-state index in [0.717, 1.165) is 15.9 Å². The molecule has 0 radical (unpaired) electrons. The first-order valence-electron chi connectivity index (χ1n) is 3.37. The summed E-state index contributed by atoms with van der Waals surface area (Å²) in [6.45, 7) is 0.660. The van der Waals surface area contributed by atoms with E-state index in [2.05, 4.69) is 15.9 Å². The highest BCUT2D eigenvalue weighted by molar-refractivity contribution is 9.10. The van der Waals surface area contributed by atoms with Crippen molar-refractivity contribution in [1.82, 2.24) is 0 Å². The maximum Gasteiger partial charge on any atom is 0.0419 e. The average Bonchev–Trinajstić information content (AvgIpc) is 1.85. The van der Waals surface area contributed by atoms with E-state index < -0.39 is 0 Å². The van der Waals surface area contributed by atoms with Crippen molar-refractivity contribution in [2.45, 2.75) is 6.42 Å². The summed E-state index contributed by atoms with van der Waals surface area (Å²) in [6, 6.07) is 5.82. The fourth-order valence-corrected chi connectivity index (χ4v) is 1.85. The molecule has 0 aliphatic heterocycles. The second-order valence-corrected chi connectivity index (χ2v) is 3.67. The Hall–Kier alpha value is -0.0500. The van der Waals surface area contributed by atoms with Gasteiger partial charge >= 0.3 is 0 Å². The Kier molecular flexibility index (Phi) is 3.37. The minimum atomic E-state index is 0.660. The highest BCUT2D eigenvalue weighted by atomic mass is 79.9. The van der Waals surface area contributed by atoms with Crippen LogP contribution in [0.25, 0.3) is 0 Å². The average molecular weight is 235 g/mol. The third-order valence-electron chi connectivity index (χ3n) is 1.36. The Morgan fingerprint density at radius 3 is 2.64 bits per heavy atom. The first-order valence-corrected chi connectivity index (χ1v) is 4.54. The molecule has 3 heteroatoms. The Morgan fingerprint density at radius 2 is 2.09 bits per heavy atom. The Bertz CT molecular complexity index is 230. The molecule has 0 atom stereocenters. The van der Waals surface area contributed by atoms with Crippen LogP contribution in [0.15, 0.2) is 22.7 Å². The number of benzene rings is 1. The van der Waals surface area contributed by atoms with Gasteiger partial charge in [-0.15, -0.1) is 0 Å². The molecule has 0 saturated heterocycles. The fraction of sp³-hybridized carbons (Fsp3) is 0.250. The van der Waals surface area contributed by atoms with Gasteiger partial charge in [0.2, 0.25) is 0 Å². The van der Waals surface area contributed by atoms with Crippen LogP contribution in [-0.2, 0) is 6.42 Å². The minimum absolute atomic E-state index is 0.660. The molecule has 0 unspecified atom stereocenters. The van der Waals surface area contributed by atoms with Gasteiger partial charge in [-0.3, -0.25) is 0 Å². The van der Waals surface area contributed by atoms with Gasteiger partial charge < -0.3 is 5.73 Å². The molecule has 0 heterocycles. The van der Waals surface area contributed by atoms with Gasteiger partial charge in [0, 0.05) is 9.50 Å². The van der Waals surface area contributed by atoms with E-state index in [1.54, 1.807) is 0 Å². The smallest absolute Gasteiger partial charge is 0.0419 e. The van der Waals surface area contributed by atoms with Crippen molar-refractivity contribution in [3.63, 3.8) is 0 Å². The number of hydrogen-bond donors (Lipinski definition) is 1. The van der Waals surface area contributed by atoms with E-state index in [-0.39, 0.29) is 0 Å². The van der Waals surface area contributed by atoms with Gasteiger partial charge in [-0.1, -0.05) is 27.5 Å². The van der Waals surface area contributed by atoms with Crippen LogP contribution in [0.4, 0.5) is 0 Å². The van der Waals surface area contributed by atoms with Crippen LogP contribution in [0.3, 0.4) is 0 Å². The van der Waals surface area contributed by atoms with Gasteiger partial charge in [-0.2, -0.15) is 0 Å². The molecule has 0 aliphatic carbocycles. The summed E-state index contributed by atoms with van der Waals surface area (Å²) >= 11 is 9.17. The van der Waals surface area contributed by atoms with Crippen molar-refractivity contribution in [1.29, 1.82) is 0 Å². The van der Waals surface area contributed by atoms with Gasteiger partial charge in [0.15, 0.2) is 0 Å². The summed E-state index contributed by atoms with van der Waals surface area (Å²) in [7, 11) is 0. The normalized spacial score (nSPS) is 10.1. The van der Waals surface area contributed by atoms with Crippen LogP contribution in [0, 0.1) is 0 Å². The van der Waals surface area contributed by atoms with Crippen LogP contribution in [-0.4, -0.2) is 6.54 Å². The molecular weight excluding hydrogens is 225 g/mol. The maximum absolute atomic E-state index is 5.82. The summed E-state index contributed by atoms with van der Waals surface area (Å²) in [6.07, 6.45) is 0.874. The predicted octanol–water partition coefficient (Wildman–Crippen LogP) is 2.60. The highest BCUT2D eigenvalue weighted by Crippen LogP contribution is 2.19. The second kappa shape index (κ2) is 4.10. The van der Waals surface area contributed by atoms with Crippen molar-refractivity contribution in [2.24, 2.45) is 5.73 Å². The summed E-state index contributed by atoms with van der Waals surface area (Å²) in [5, 5.41) is 0.753. The molecule has 1 rings (SSSR count). The largest absolute Gasteiger partial charge is 0.330 e. The first-order chi connectivity index (χ1) is 5.22. The van der Waals surface area contributed by atoms with Crippen molar-refractivity contribution in [3.8, 4) is 0 Å². The number of halogens is 2. The minimum Gasteiger partial charge on any atom is -0.330 e. The SMILES string of the molecule is NCCc1cc(Cl)cc(Br)c1. The van der Waals surface area contributed by atoms with E-state index in [1.165, 1.54) is 5.56 Å². The van der Waals surface area contributed by atoms with Gasteiger partial charge in [0.1, 0.15) is 0 Å². The number of hydrogen-bond acceptors (Lipinski definition) is 1. The molecule has 0 fully saturated rings. The van der Waals surface area contributed by atoms with Crippen LogP contribution < -0.4 is 5.73 Å². The highest BCUT2D eigenvalue weighted by Gasteiger charge is 1.95. The topological polar surface area (TPSA) is 26.0 Å².